The summed E-state index contributed by atoms with van der Waals surface area (Å²) in [5.41, 5.74) is 0.377. The zero-order valence-corrected chi connectivity index (χ0v) is 23.6. The van der Waals surface area contributed by atoms with Gasteiger partial charge >= 0.3 is 0 Å². The van der Waals surface area contributed by atoms with Crippen LogP contribution in [-0.2, 0) is 9.59 Å². The first-order chi connectivity index (χ1) is 17.1. The minimum atomic E-state index is -0.704. The third-order valence-corrected chi connectivity index (χ3v) is 11.2. The summed E-state index contributed by atoms with van der Waals surface area (Å²) in [6.45, 7) is -0.520. The van der Waals surface area contributed by atoms with Gasteiger partial charge in [-0.05, 0) is 48.6 Å². The zero-order valence-electron chi connectivity index (χ0n) is 18.9. The van der Waals surface area contributed by atoms with Crippen molar-refractivity contribution >= 4 is 78.6 Å². The normalized spacial score (nSPS) is 28.4. The number of benzene rings is 2. The van der Waals surface area contributed by atoms with Gasteiger partial charge < -0.3 is 4.74 Å². The monoisotopic (exact) mass is 656 g/mol. The highest BCUT2D eigenvalue weighted by Gasteiger charge is 2.67. The largest absolute Gasteiger partial charge is 0.497 e. The molecule has 0 aromatic heterocycles. The molecule has 2 bridgehead atoms. The molecule has 2 aromatic carbocycles. The zero-order chi connectivity index (χ0) is 25.9. The number of rotatable bonds is 6. The second kappa shape index (κ2) is 9.74. The molecule has 1 saturated heterocycles. The number of ether oxygens (including phenoxy) is 1. The van der Waals surface area contributed by atoms with Gasteiger partial charge in [0.25, 0.3) is 17.7 Å². The quantitative estimate of drug-likeness (QED) is 0.247. The molecule has 0 spiro atoms. The molecule has 7 nitrogen and oxygen atoms in total. The van der Waals surface area contributed by atoms with Crippen molar-refractivity contribution in [2.24, 2.45) is 23.7 Å². The molecule has 0 radical (unpaired) electrons. The molecule has 2 saturated carbocycles. The summed E-state index contributed by atoms with van der Waals surface area (Å²) < 4.78 is 5.20. The Balaban J connectivity index is 1.52. The van der Waals surface area contributed by atoms with E-state index in [0.717, 1.165) is 16.4 Å². The predicted molar refractivity (Wildman–Crippen MR) is 141 cm³/mol. The van der Waals surface area contributed by atoms with Gasteiger partial charge in [-0.15, -0.1) is 0 Å². The molecule has 11 heteroatoms. The van der Waals surface area contributed by atoms with Crippen molar-refractivity contribution in [3.8, 4) is 5.75 Å². The summed E-state index contributed by atoms with van der Waals surface area (Å²) in [5.74, 6) is -2.79. The molecule has 0 unspecified atom stereocenters. The Morgan fingerprint density at radius 1 is 0.972 bits per heavy atom. The van der Waals surface area contributed by atoms with Crippen molar-refractivity contribution in [3.05, 3.63) is 63.6 Å². The number of ketones is 1. The van der Waals surface area contributed by atoms with Crippen LogP contribution in [0.4, 0.5) is 0 Å². The van der Waals surface area contributed by atoms with Crippen molar-refractivity contribution in [3.63, 3.8) is 0 Å². The maximum atomic E-state index is 13.7. The fourth-order valence-electron chi connectivity index (χ4n) is 5.61. The number of Topliss-reactive ketones (excluding diaryl/α,β-unsaturated/α-hetero) is 1. The highest BCUT2D eigenvalue weighted by molar-refractivity contribution is 9.12. The van der Waals surface area contributed by atoms with E-state index in [1.54, 1.807) is 18.2 Å². The molecule has 5 rings (SSSR count). The van der Waals surface area contributed by atoms with Gasteiger partial charge in [0, 0.05) is 20.8 Å². The minimum absolute atomic E-state index is 0.0399. The van der Waals surface area contributed by atoms with E-state index < -0.39 is 41.9 Å². The van der Waals surface area contributed by atoms with Crippen LogP contribution in [0.25, 0.3) is 0 Å². The molecule has 6 atom stereocenters. The number of alkyl halides is 2. The molecule has 3 fully saturated rings. The van der Waals surface area contributed by atoms with Crippen molar-refractivity contribution in [2.75, 3.05) is 13.7 Å². The fraction of sp³-hybridized carbons (Fsp3) is 0.360. The molecule has 2 aliphatic carbocycles. The van der Waals surface area contributed by atoms with Gasteiger partial charge in [-0.2, -0.15) is 5.01 Å². The molecular weight excluding hydrogens is 639 g/mol. The second-order valence-corrected chi connectivity index (χ2v) is 12.1. The van der Waals surface area contributed by atoms with Gasteiger partial charge in [0.15, 0.2) is 5.78 Å². The van der Waals surface area contributed by atoms with Crippen LogP contribution < -0.4 is 4.74 Å². The summed E-state index contributed by atoms with van der Waals surface area (Å²) in [5, 5.41) is 2.21. The first-order valence-corrected chi connectivity index (χ1v) is 13.8. The number of halogens is 4. The van der Waals surface area contributed by atoms with Crippen molar-refractivity contribution in [1.82, 2.24) is 10.0 Å². The number of carbonyl (C=O) groups excluding carboxylic acids is 4. The molecule has 188 valence electrons. The highest BCUT2D eigenvalue weighted by Crippen LogP contribution is 2.60. The van der Waals surface area contributed by atoms with Gasteiger partial charge in [-0.25, -0.2) is 5.01 Å². The Morgan fingerprint density at radius 2 is 1.61 bits per heavy atom. The van der Waals surface area contributed by atoms with Gasteiger partial charge in [-0.1, -0.05) is 67.2 Å². The van der Waals surface area contributed by atoms with Crippen LogP contribution in [0.5, 0.6) is 5.75 Å². The third-order valence-electron chi connectivity index (χ3n) is 7.29. The van der Waals surface area contributed by atoms with E-state index >= 15 is 0 Å². The summed E-state index contributed by atoms with van der Waals surface area (Å²) in [6, 6.07) is 10.7. The molecule has 3 aliphatic rings. The summed E-state index contributed by atoms with van der Waals surface area (Å²) >= 11 is 19.5. The molecule has 1 heterocycles. The highest BCUT2D eigenvalue weighted by atomic mass is 79.9. The number of amides is 3. The third kappa shape index (κ3) is 4.08. The van der Waals surface area contributed by atoms with Crippen LogP contribution in [0.1, 0.15) is 27.1 Å². The van der Waals surface area contributed by atoms with Gasteiger partial charge in [0.2, 0.25) is 0 Å². The Bertz CT molecular complexity index is 1260. The molecule has 1 aliphatic heterocycles. The van der Waals surface area contributed by atoms with Crippen molar-refractivity contribution in [2.45, 2.75) is 16.1 Å². The van der Waals surface area contributed by atoms with Crippen molar-refractivity contribution < 1.29 is 23.9 Å². The van der Waals surface area contributed by atoms with E-state index in [0.29, 0.717) is 5.75 Å². The Kier molecular flexibility index (Phi) is 6.95. The number of carbonyl (C=O) groups is 4. The van der Waals surface area contributed by atoms with E-state index in [2.05, 4.69) is 31.9 Å². The van der Waals surface area contributed by atoms with E-state index in [1.807, 2.05) is 0 Å². The SMILES string of the molecule is COc1cccc(C(=O)CN(C(=O)c2ccc(Cl)c(Cl)c2)N2C(=O)[C@@H]3[C@H]4C[C@@H]([C@@H](Br)[C@H]4Br)[C@H]3C2=O)c1. The van der Waals surface area contributed by atoms with Crippen LogP contribution in [0.3, 0.4) is 0 Å². The van der Waals surface area contributed by atoms with E-state index in [-0.39, 0.29) is 42.7 Å². The maximum Gasteiger partial charge on any atom is 0.273 e. The minimum Gasteiger partial charge on any atom is -0.497 e. The lowest BCUT2D eigenvalue weighted by molar-refractivity contribution is -0.154. The van der Waals surface area contributed by atoms with Crippen LogP contribution >= 0.6 is 55.1 Å². The lowest BCUT2D eigenvalue weighted by Crippen LogP contribution is -2.52. The summed E-state index contributed by atoms with van der Waals surface area (Å²) in [6.07, 6.45) is 0.746. The number of fused-ring (bicyclic) bond motifs is 5. The second-order valence-electron chi connectivity index (χ2n) is 9.14. The molecule has 36 heavy (non-hydrogen) atoms. The number of hydrogen-bond acceptors (Lipinski definition) is 5. The standard InChI is InChI=1S/C25H20Br2Cl2N2O5/c1-36-13-4-2-3-11(7-13)18(32)10-30(23(33)12-5-6-16(28)17(29)8-12)31-24(34)19-14-9-15(20(19)25(31)35)22(27)21(14)26/h2-8,14-15,19-22H,9-10H2,1H3/t14-,15-,19-,20-,21-,22+/m1/s1. The van der Waals surface area contributed by atoms with Crippen LogP contribution in [-0.4, -0.2) is 56.8 Å². The fourth-order valence-corrected chi connectivity index (χ4v) is 7.78. The first kappa shape index (κ1) is 25.7. The van der Waals surface area contributed by atoms with Crippen molar-refractivity contribution in [1.29, 1.82) is 0 Å². The summed E-state index contributed by atoms with van der Waals surface area (Å²) in [7, 11) is 1.48. The molecule has 2 aromatic rings. The van der Waals surface area contributed by atoms with Crippen LogP contribution in [0, 0.1) is 23.7 Å². The smallest absolute Gasteiger partial charge is 0.273 e. The number of hydrogen-bond donors (Lipinski definition) is 0. The first-order valence-electron chi connectivity index (χ1n) is 11.2. The Hall–Kier alpha value is -1.94. The van der Waals surface area contributed by atoms with Crippen LogP contribution in [0.2, 0.25) is 10.0 Å². The topological polar surface area (TPSA) is 84.0 Å². The maximum absolute atomic E-state index is 13.7. The van der Waals surface area contributed by atoms with Gasteiger partial charge in [0.1, 0.15) is 12.3 Å². The number of hydrazine groups is 1. The lowest BCUT2D eigenvalue weighted by atomic mass is 9.81. The van der Waals surface area contributed by atoms with Gasteiger partial charge in [0.05, 0.1) is 29.0 Å². The van der Waals surface area contributed by atoms with Crippen LogP contribution in [0.15, 0.2) is 42.5 Å². The van der Waals surface area contributed by atoms with E-state index in [4.69, 9.17) is 27.9 Å². The van der Waals surface area contributed by atoms with E-state index in [9.17, 15) is 19.2 Å². The molecular formula is C25H20Br2Cl2N2O5. The lowest BCUT2D eigenvalue weighted by Gasteiger charge is -2.31. The number of nitrogens with zero attached hydrogens (tertiary/aromatic N) is 2. The Labute approximate surface area is 234 Å². The number of imide groups is 1. The van der Waals surface area contributed by atoms with Gasteiger partial charge in [-0.3, -0.25) is 19.2 Å². The average molecular weight is 659 g/mol. The Morgan fingerprint density at radius 3 is 2.19 bits per heavy atom. The number of methoxy groups -OCH3 is 1. The summed E-state index contributed by atoms with van der Waals surface area (Å²) in [4.78, 5) is 54.4. The molecule has 0 N–H and O–H groups in total. The average Bonchev–Trinajstić information content (AvgIpc) is 3.48. The molecule has 3 amide bonds. The predicted octanol–water partition coefficient (Wildman–Crippen LogP) is 5.02. The van der Waals surface area contributed by atoms with E-state index in [1.165, 1.54) is 31.4 Å².